The summed E-state index contributed by atoms with van der Waals surface area (Å²) in [7, 11) is 1.65. The van der Waals surface area contributed by atoms with Gasteiger partial charge in [-0.3, -0.25) is 10.1 Å². The Balaban J connectivity index is 2.10. The zero-order valence-electron chi connectivity index (χ0n) is 13.3. The fourth-order valence-electron chi connectivity index (χ4n) is 2.40. The lowest BCUT2D eigenvalue weighted by Gasteiger charge is -2.28. The number of rotatable bonds is 6. The summed E-state index contributed by atoms with van der Waals surface area (Å²) < 4.78 is 0. The number of carbonyl (C=O) groups excluding carboxylic acids is 1. The summed E-state index contributed by atoms with van der Waals surface area (Å²) in [5.74, 6) is 0. The molecule has 2 aromatic rings. The number of urea groups is 1. The Bertz CT molecular complexity index is 689. The number of hydrogen-bond acceptors (Lipinski definition) is 4. The highest BCUT2D eigenvalue weighted by Gasteiger charge is 2.21. The monoisotopic (exact) mass is 329 g/mol. The van der Waals surface area contributed by atoms with Crippen molar-refractivity contribution in [3.05, 3.63) is 70.3 Å². The van der Waals surface area contributed by atoms with Gasteiger partial charge in [-0.15, -0.1) is 0 Å². The highest BCUT2D eigenvalue weighted by Crippen LogP contribution is 2.24. The molecule has 0 spiro atoms. The standard InChI is InChI=1S/C17H19N3O4/c1-19(16(11-12-21)13-5-3-2-4-6-13)17(22)18-14-7-9-15(10-8-14)20(23)24/h2-10,16,21H,11-12H2,1H3,(H,18,22). The number of benzene rings is 2. The molecule has 7 heteroatoms. The lowest BCUT2D eigenvalue weighted by atomic mass is 10.0. The van der Waals surface area contributed by atoms with E-state index in [1.165, 1.54) is 29.2 Å². The minimum atomic E-state index is -0.496. The summed E-state index contributed by atoms with van der Waals surface area (Å²) in [5.41, 5.74) is 1.35. The van der Waals surface area contributed by atoms with Crippen molar-refractivity contribution in [1.29, 1.82) is 0 Å². The van der Waals surface area contributed by atoms with Crippen LogP contribution in [0.4, 0.5) is 16.2 Å². The van der Waals surface area contributed by atoms with Crippen molar-refractivity contribution in [3.63, 3.8) is 0 Å². The molecular weight excluding hydrogens is 310 g/mol. The first kappa shape index (κ1) is 17.4. The topological polar surface area (TPSA) is 95.7 Å². The van der Waals surface area contributed by atoms with Crippen LogP contribution in [0.15, 0.2) is 54.6 Å². The number of nitro benzene ring substituents is 1. The average molecular weight is 329 g/mol. The van der Waals surface area contributed by atoms with Crippen LogP contribution in [0, 0.1) is 10.1 Å². The van der Waals surface area contributed by atoms with Crippen LogP contribution < -0.4 is 5.32 Å². The van der Waals surface area contributed by atoms with Gasteiger partial charge in [0.25, 0.3) is 5.69 Å². The first-order valence-electron chi connectivity index (χ1n) is 7.47. The molecule has 1 atom stereocenters. The smallest absolute Gasteiger partial charge is 0.322 e. The zero-order chi connectivity index (χ0) is 17.5. The van der Waals surface area contributed by atoms with Crippen LogP contribution in [0.25, 0.3) is 0 Å². The summed E-state index contributed by atoms with van der Waals surface area (Å²) in [6.07, 6.45) is 0.411. The number of non-ortho nitro benzene ring substituents is 1. The lowest BCUT2D eigenvalue weighted by molar-refractivity contribution is -0.384. The fraction of sp³-hybridized carbons (Fsp3) is 0.235. The van der Waals surface area contributed by atoms with Gasteiger partial charge in [-0.1, -0.05) is 30.3 Å². The minimum absolute atomic E-state index is 0.0382. The molecule has 0 aliphatic heterocycles. The van der Waals surface area contributed by atoms with Gasteiger partial charge in [-0.05, 0) is 24.1 Å². The maximum atomic E-state index is 12.4. The van der Waals surface area contributed by atoms with Crippen molar-refractivity contribution < 1.29 is 14.8 Å². The third kappa shape index (κ3) is 4.30. The molecule has 0 radical (unpaired) electrons. The van der Waals surface area contributed by atoms with Crippen LogP contribution in [0.5, 0.6) is 0 Å². The van der Waals surface area contributed by atoms with Gasteiger partial charge in [0, 0.05) is 31.5 Å². The predicted molar refractivity (Wildman–Crippen MR) is 90.8 cm³/mol. The van der Waals surface area contributed by atoms with E-state index in [0.717, 1.165) is 5.56 Å². The van der Waals surface area contributed by atoms with Gasteiger partial charge in [0.1, 0.15) is 0 Å². The van der Waals surface area contributed by atoms with Gasteiger partial charge in [0.2, 0.25) is 0 Å². The second-order valence-electron chi connectivity index (χ2n) is 5.28. The molecule has 1 unspecified atom stereocenters. The van der Waals surface area contributed by atoms with Crippen molar-refractivity contribution in [2.75, 3.05) is 19.0 Å². The van der Waals surface area contributed by atoms with Crippen molar-refractivity contribution in [1.82, 2.24) is 4.90 Å². The Kier molecular flexibility index (Phi) is 5.86. The third-order valence-corrected chi connectivity index (χ3v) is 3.70. The van der Waals surface area contributed by atoms with Crippen molar-refractivity contribution in [2.45, 2.75) is 12.5 Å². The second kappa shape index (κ2) is 8.07. The Morgan fingerprint density at radius 1 is 1.21 bits per heavy atom. The van der Waals surface area contributed by atoms with Gasteiger partial charge < -0.3 is 15.3 Å². The molecule has 7 nitrogen and oxygen atoms in total. The molecule has 2 N–H and O–H groups in total. The maximum absolute atomic E-state index is 12.4. The van der Waals surface area contributed by atoms with Crippen LogP contribution >= 0.6 is 0 Å². The number of carbonyl (C=O) groups is 1. The van der Waals surface area contributed by atoms with E-state index in [0.29, 0.717) is 12.1 Å². The van der Waals surface area contributed by atoms with Crippen LogP contribution in [0.1, 0.15) is 18.0 Å². The molecule has 2 aromatic carbocycles. The number of aliphatic hydroxyl groups excluding tert-OH is 1. The van der Waals surface area contributed by atoms with E-state index in [-0.39, 0.29) is 24.4 Å². The molecule has 0 aromatic heterocycles. The predicted octanol–water partition coefficient (Wildman–Crippen LogP) is 3.18. The highest BCUT2D eigenvalue weighted by atomic mass is 16.6. The fourth-order valence-corrected chi connectivity index (χ4v) is 2.40. The van der Waals surface area contributed by atoms with Crippen molar-refractivity contribution in [3.8, 4) is 0 Å². The molecule has 0 fully saturated rings. The van der Waals surface area contributed by atoms with Gasteiger partial charge in [-0.25, -0.2) is 4.79 Å². The van der Waals surface area contributed by atoms with Gasteiger partial charge in [-0.2, -0.15) is 0 Å². The minimum Gasteiger partial charge on any atom is -0.396 e. The number of nitrogens with one attached hydrogen (secondary N) is 1. The molecular formula is C17H19N3O4. The van der Waals surface area contributed by atoms with Crippen molar-refractivity contribution in [2.24, 2.45) is 0 Å². The number of nitro groups is 1. The summed E-state index contributed by atoms with van der Waals surface area (Å²) in [6.45, 7) is -0.0469. The van der Waals surface area contributed by atoms with Crippen molar-refractivity contribution >= 4 is 17.4 Å². The number of nitrogens with zero attached hydrogens (tertiary/aromatic N) is 2. The first-order valence-corrected chi connectivity index (χ1v) is 7.47. The highest BCUT2D eigenvalue weighted by molar-refractivity contribution is 5.89. The molecule has 24 heavy (non-hydrogen) atoms. The van der Waals surface area contributed by atoms with Gasteiger partial charge in [0.15, 0.2) is 0 Å². The average Bonchev–Trinajstić information content (AvgIpc) is 2.60. The number of hydrogen-bond donors (Lipinski definition) is 2. The van der Waals surface area contributed by atoms with E-state index < -0.39 is 4.92 Å². The van der Waals surface area contributed by atoms with Gasteiger partial charge in [0.05, 0.1) is 11.0 Å². The van der Waals surface area contributed by atoms with E-state index in [2.05, 4.69) is 5.32 Å². The summed E-state index contributed by atoms with van der Waals surface area (Å²) in [4.78, 5) is 24.1. The van der Waals surface area contributed by atoms with Crippen LogP contribution in [-0.2, 0) is 0 Å². The molecule has 0 aliphatic carbocycles. The normalized spacial score (nSPS) is 11.6. The van der Waals surface area contributed by atoms with Crippen LogP contribution in [-0.4, -0.2) is 34.6 Å². The Labute approximate surface area is 139 Å². The Hall–Kier alpha value is -2.93. The summed E-state index contributed by atoms with van der Waals surface area (Å²) in [5, 5.41) is 22.6. The summed E-state index contributed by atoms with van der Waals surface area (Å²) >= 11 is 0. The molecule has 0 bridgehead atoms. The van der Waals surface area contributed by atoms with E-state index in [9.17, 15) is 20.0 Å². The largest absolute Gasteiger partial charge is 0.396 e. The zero-order valence-corrected chi connectivity index (χ0v) is 13.3. The number of amides is 2. The number of aliphatic hydroxyl groups is 1. The quantitative estimate of drug-likeness (QED) is 0.628. The molecule has 0 heterocycles. The molecule has 2 amide bonds. The van der Waals surface area contributed by atoms with Crippen LogP contribution in [0.3, 0.4) is 0 Å². The third-order valence-electron chi connectivity index (χ3n) is 3.70. The molecule has 126 valence electrons. The molecule has 0 saturated heterocycles. The van der Waals surface area contributed by atoms with Crippen LogP contribution in [0.2, 0.25) is 0 Å². The first-order chi connectivity index (χ1) is 11.5. The Morgan fingerprint density at radius 2 is 1.83 bits per heavy atom. The SMILES string of the molecule is CN(C(=O)Nc1ccc([N+](=O)[O-])cc1)C(CCO)c1ccccc1. The number of anilines is 1. The second-order valence-corrected chi connectivity index (χ2v) is 5.28. The van der Waals surface area contributed by atoms with E-state index in [1.54, 1.807) is 7.05 Å². The molecule has 0 aliphatic rings. The summed E-state index contributed by atoms with van der Waals surface area (Å²) in [6, 6.07) is 14.4. The Morgan fingerprint density at radius 3 is 2.38 bits per heavy atom. The maximum Gasteiger partial charge on any atom is 0.322 e. The molecule has 2 rings (SSSR count). The molecule has 0 saturated carbocycles. The van der Waals surface area contributed by atoms with E-state index >= 15 is 0 Å². The van der Waals surface area contributed by atoms with Gasteiger partial charge >= 0.3 is 6.03 Å². The van der Waals surface area contributed by atoms with E-state index in [4.69, 9.17) is 0 Å². The van der Waals surface area contributed by atoms with E-state index in [1.807, 2.05) is 30.3 Å². The lowest BCUT2D eigenvalue weighted by Crippen LogP contribution is -2.35.